The fourth-order valence-corrected chi connectivity index (χ4v) is 9.89. The predicted octanol–water partition coefficient (Wildman–Crippen LogP) is 13.3. The zero-order valence-corrected chi connectivity index (χ0v) is 33.4. The number of hydrogen-bond acceptors (Lipinski definition) is 4. The number of halogens is 2. The highest BCUT2D eigenvalue weighted by Gasteiger charge is 2.25. The van der Waals surface area contributed by atoms with Crippen molar-refractivity contribution in [2.75, 3.05) is 0 Å². The SMILES string of the molecule is Cc1c(Sc2cccc(C(O)C(C#N)c3cccc(Sc4c(C)n(Cc5ccccc5)c5cc(Cl)ccc45)c3)c2)c2ccc(Cl)cc2n1Cc1ccccc1. The molecule has 0 bridgehead atoms. The Hall–Kier alpha value is -4.87. The van der Waals surface area contributed by atoms with E-state index in [1.54, 1.807) is 23.5 Å². The number of rotatable bonds is 11. The molecule has 8 rings (SSSR count). The molecule has 0 aliphatic carbocycles. The summed E-state index contributed by atoms with van der Waals surface area (Å²) in [5.41, 5.74) is 8.33. The van der Waals surface area contributed by atoms with E-state index in [1.165, 1.54) is 11.1 Å². The molecule has 0 spiro atoms. The van der Waals surface area contributed by atoms with Crippen molar-refractivity contribution >= 4 is 68.5 Å². The molecule has 0 saturated carbocycles. The smallest absolute Gasteiger partial charge is 0.101 e. The highest BCUT2D eigenvalue weighted by atomic mass is 35.5. The van der Waals surface area contributed by atoms with E-state index in [2.05, 4.69) is 102 Å². The van der Waals surface area contributed by atoms with E-state index in [4.69, 9.17) is 23.2 Å². The van der Waals surface area contributed by atoms with Crippen LogP contribution < -0.4 is 0 Å². The van der Waals surface area contributed by atoms with Crippen molar-refractivity contribution in [3.05, 3.63) is 189 Å². The van der Waals surface area contributed by atoms with Gasteiger partial charge in [0.05, 0.1) is 23.2 Å². The van der Waals surface area contributed by atoms with Gasteiger partial charge in [0.1, 0.15) is 5.92 Å². The molecule has 2 unspecified atom stereocenters. The first-order valence-electron chi connectivity index (χ1n) is 18.0. The van der Waals surface area contributed by atoms with Crippen LogP contribution in [0.5, 0.6) is 0 Å². The third kappa shape index (κ3) is 7.69. The molecule has 6 aromatic carbocycles. The summed E-state index contributed by atoms with van der Waals surface area (Å²) in [6.07, 6.45) is -1.03. The van der Waals surface area contributed by atoms with Crippen LogP contribution in [0.1, 0.15) is 45.7 Å². The predicted molar refractivity (Wildman–Crippen MR) is 229 cm³/mol. The lowest BCUT2D eigenvalue weighted by Gasteiger charge is -2.19. The molecule has 55 heavy (non-hydrogen) atoms. The van der Waals surface area contributed by atoms with Gasteiger partial charge in [0, 0.05) is 64.9 Å². The number of aliphatic hydroxyl groups is 1. The van der Waals surface area contributed by atoms with Crippen molar-refractivity contribution < 1.29 is 5.11 Å². The van der Waals surface area contributed by atoms with Crippen LogP contribution in [0.25, 0.3) is 21.8 Å². The summed E-state index contributed by atoms with van der Waals surface area (Å²) in [6, 6.07) is 51.3. The van der Waals surface area contributed by atoms with Gasteiger partial charge in [0.2, 0.25) is 0 Å². The number of benzene rings is 6. The van der Waals surface area contributed by atoms with Crippen LogP contribution in [0.4, 0.5) is 0 Å². The Morgan fingerprint density at radius 1 is 0.582 bits per heavy atom. The lowest BCUT2D eigenvalue weighted by Crippen LogP contribution is -2.09. The fourth-order valence-electron chi connectivity index (χ4n) is 7.32. The van der Waals surface area contributed by atoms with Crippen LogP contribution >= 0.6 is 46.7 Å². The van der Waals surface area contributed by atoms with Gasteiger partial charge in [-0.15, -0.1) is 0 Å². The molecule has 0 aliphatic rings. The van der Waals surface area contributed by atoms with Crippen molar-refractivity contribution in [2.45, 2.75) is 58.5 Å². The minimum atomic E-state index is -1.03. The maximum Gasteiger partial charge on any atom is 0.101 e. The van der Waals surface area contributed by atoms with Gasteiger partial charge in [-0.3, -0.25) is 0 Å². The second-order valence-corrected chi connectivity index (χ2v) is 16.7. The van der Waals surface area contributed by atoms with Gasteiger partial charge in [-0.25, -0.2) is 0 Å². The molecule has 0 radical (unpaired) electrons. The van der Waals surface area contributed by atoms with Gasteiger partial charge in [-0.05, 0) is 84.6 Å². The van der Waals surface area contributed by atoms with Gasteiger partial charge < -0.3 is 14.2 Å². The molecule has 1 N–H and O–H groups in total. The Morgan fingerprint density at radius 2 is 1.04 bits per heavy atom. The summed E-state index contributed by atoms with van der Waals surface area (Å²) < 4.78 is 4.62. The normalized spacial score (nSPS) is 12.6. The van der Waals surface area contributed by atoms with Crippen LogP contribution in [0.2, 0.25) is 10.0 Å². The fraction of sp³-hybridized carbons (Fsp3) is 0.128. The minimum Gasteiger partial charge on any atom is -0.387 e. The van der Waals surface area contributed by atoms with E-state index in [1.807, 2.05) is 72.8 Å². The standard InChI is InChI=1S/C47H37Cl2N3OS2/c1-30-46(40-21-19-36(48)25-43(40)51(30)28-32-11-5-3-6-12-32)54-38-17-9-15-34(23-38)42(27-50)45(53)35-16-10-18-39(24-35)55-47-31(2)52(29-33-13-7-4-8-14-33)44-26-37(49)20-22-41(44)47/h3-26,42,45,53H,28-29H2,1-2H3. The summed E-state index contributed by atoms with van der Waals surface area (Å²) in [4.78, 5) is 4.25. The summed E-state index contributed by atoms with van der Waals surface area (Å²) >= 11 is 16.3. The molecule has 0 saturated heterocycles. The van der Waals surface area contributed by atoms with Crippen molar-refractivity contribution in [1.29, 1.82) is 5.26 Å². The Bertz CT molecular complexity index is 2700. The molecule has 8 aromatic rings. The quantitative estimate of drug-likeness (QED) is 0.142. The Kier molecular flexibility index (Phi) is 10.8. The van der Waals surface area contributed by atoms with Crippen LogP contribution in [0.3, 0.4) is 0 Å². The zero-order valence-electron chi connectivity index (χ0n) is 30.3. The maximum absolute atomic E-state index is 11.8. The lowest BCUT2D eigenvalue weighted by atomic mass is 9.90. The zero-order chi connectivity index (χ0) is 38.1. The molecule has 0 amide bonds. The van der Waals surface area contributed by atoms with Crippen LogP contribution in [0, 0.1) is 25.2 Å². The maximum atomic E-state index is 11.8. The molecule has 2 aromatic heterocycles. The molecule has 272 valence electrons. The van der Waals surface area contributed by atoms with E-state index in [-0.39, 0.29) is 0 Å². The van der Waals surface area contributed by atoms with E-state index >= 15 is 0 Å². The average molecular weight is 795 g/mol. The minimum absolute atomic E-state index is 0.694. The van der Waals surface area contributed by atoms with Gasteiger partial charge >= 0.3 is 0 Å². The van der Waals surface area contributed by atoms with Crippen molar-refractivity contribution in [1.82, 2.24) is 9.13 Å². The topological polar surface area (TPSA) is 53.9 Å². The molecule has 0 fully saturated rings. The van der Waals surface area contributed by atoms with Gasteiger partial charge in [0.25, 0.3) is 0 Å². The molecule has 4 nitrogen and oxygen atoms in total. The Balaban J connectivity index is 1.07. The van der Waals surface area contributed by atoms with E-state index in [0.717, 1.165) is 71.4 Å². The van der Waals surface area contributed by atoms with Crippen LogP contribution in [-0.2, 0) is 13.1 Å². The van der Waals surface area contributed by atoms with E-state index in [9.17, 15) is 10.4 Å². The number of nitriles is 1. The van der Waals surface area contributed by atoms with Gasteiger partial charge in [-0.1, -0.05) is 144 Å². The number of aromatic nitrogens is 2. The molecule has 2 atom stereocenters. The summed E-state index contributed by atoms with van der Waals surface area (Å²) in [7, 11) is 0. The van der Waals surface area contributed by atoms with Crippen LogP contribution in [-0.4, -0.2) is 14.2 Å². The third-order valence-corrected chi connectivity index (χ3v) is 13.0. The van der Waals surface area contributed by atoms with Gasteiger partial charge in [0.15, 0.2) is 0 Å². The van der Waals surface area contributed by atoms with Crippen LogP contribution in [0.15, 0.2) is 165 Å². The lowest BCUT2D eigenvalue weighted by molar-refractivity contribution is 0.164. The van der Waals surface area contributed by atoms with E-state index < -0.39 is 12.0 Å². The first-order valence-corrected chi connectivity index (χ1v) is 20.4. The second kappa shape index (κ2) is 16.1. The molecule has 0 aliphatic heterocycles. The first kappa shape index (κ1) is 37.1. The molecule has 2 heterocycles. The second-order valence-electron chi connectivity index (χ2n) is 13.7. The van der Waals surface area contributed by atoms with Crippen molar-refractivity contribution in [2.24, 2.45) is 0 Å². The van der Waals surface area contributed by atoms with E-state index in [0.29, 0.717) is 15.6 Å². The first-order chi connectivity index (χ1) is 26.8. The highest BCUT2D eigenvalue weighted by molar-refractivity contribution is 8.00. The third-order valence-electron chi connectivity index (χ3n) is 10.1. The molecular weight excluding hydrogens is 758 g/mol. The number of hydrogen-bond donors (Lipinski definition) is 1. The molecule has 8 heteroatoms. The summed E-state index contributed by atoms with van der Waals surface area (Å²) in [5.74, 6) is -0.767. The number of nitrogens with zero attached hydrogens (tertiary/aromatic N) is 3. The Morgan fingerprint density at radius 3 is 1.51 bits per heavy atom. The van der Waals surface area contributed by atoms with Crippen molar-refractivity contribution in [3.63, 3.8) is 0 Å². The highest BCUT2D eigenvalue weighted by Crippen LogP contribution is 2.43. The number of fused-ring (bicyclic) bond motifs is 2. The average Bonchev–Trinajstić information content (AvgIpc) is 3.59. The monoisotopic (exact) mass is 793 g/mol. The van der Waals surface area contributed by atoms with Crippen molar-refractivity contribution in [3.8, 4) is 6.07 Å². The largest absolute Gasteiger partial charge is 0.387 e. The summed E-state index contributed by atoms with van der Waals surface area (Å²) in [5, 5.41) is 26.0. The summed E-state index contributed by atoms with van der Waals surface area (Å²) in [6.45, 7) is 5.75. The van der Waals surface area contributed by atoms with Gasteiger partial charge in [-0.2, -0.15) is 5.26 Å². The molecular formula is C47H37Cl2N3OS2. The number of aliphatic hydroxyl groups excluding tert-OH is 1. The Labute approximate surface area is 340 Å².